The summed E-state index contributed by atoms with van der Waals surface area (Å²) in [4.78, 5) is 28.5. The summed E-state index contributed by atoms with van der Waals surface area (Å²) < 4.78 is 28.6. The number of oxazole rings is 1. The van der Waals surface area contributed by atoms with E-state index in [9.17, 15) is 14.0 Å². The Bertz CT molecular complexity index is 1020. The summed E-state index contributed by atoms with van der Waals surface area (Å²) in [7, 11) is 2.86. The smallest absolute Gasteiger partial charge is 0.307 e. The van der Waals surface area contributed by atoms with Crippen molar-refractivity contribution in [2.75, 3.05) is 14.2 Å². The highest BCUT2D eigenvalue weighted by Crippen LogP contribution is 2.23. The van der Waals surface area contributed by atoms with Crippen LogP contribution in [0.15, 0.2) is 59.1 Å². The Balaban J connectivity index is 1.61. The predicted octanol–water partition coefficient (Wildman–Crippen LogP) is 3.84. The predicted molar refractivity (Wildman–Crippen MR) is 111 cm³/mol. The third-order valence-corrected chi connectivity index (χ3v) is 4.70. The SMILES string of the molecule is COC(=O)CC(NC(=O)CCc1ncc(-c2ccc(F)cc2)o1)c1ccc(OC)cc1. The Morgan fingerprint density at radius 3 is 2.45 bits per heavy atom. The molecule has 0 spiro atoms. The highest BCUT2D eigenvalue weighted by molar-refractivity contribution is 5.78. The van der Waals surface area contributed by atoms with Crippen molar-refractivity contribution in [3.05, 3.63) is 72.0 Å². The molecule has 3 rings (SSSR count). The van der Waals surface area contributed by atoms with Gasteiger partial charge in [-0.1, -0.05) is 12.1 Å². The molecule has 0 saturated heterocycles. The standard InChI is InChI=1S/C23H23FN2O5/c1-29-18-9-5-15(6-10-18)19(13-23(28)30-2)26-21(27)11-12-22-25-14-20(31-22)16-3-7-17(24)8-4-16/h3-10,14,19H,11-13H2,1-2H3,(H,26,27). The van der Waals surface area contributed by atoms with Crippen LogP contribution in [0.2, 0.25) is 0 Å². The van der Waals surface area contributed by atoms with Gasteiger partial charge in [0.15, 0.2) is 11.7 Å². The van der Waals surface area contributed by atoms with Gasteiger partial charge < -0.3 is 19.2 Å². The molecule has 1 N–H and O–H groups in total. The second-order valence-electron chi connectivity index (χ2n) is 6.80. The maximum atomic E-state index is 13.1. The molecule has 8 heteroatoms. The molecular formula is C23H23FN2O5. The first-order valence-corrected chi connectivity index (χ1v) is 9.69. The Labute approximate surface area is 179 Å². The molecule has 1 amide bonds. The zero-order chi connectivity index (χ0) is 22.2. The molecule has 1 heterocycles. The summed E-state index contributed by atoms with van der Waals surface area (Å²) >= 11 is 0. The second-order valence-corrected chi connectivity index (χ2v) is 6.80. The number of carbonyl (C=O) groups excluding carboxylic acids is 2. The summed E-state index contributed by atoms with van der Waals surface area (Å²) in [5, 5.41) is 2.86. The lowest BCUT2D eigenvalue weighted by molar-refractivity contribution is -0.141. The monoisotopic (exact) mass is 426 g/mol. The van der Waals surface area contributed by atoms with Crippen LogP contribution in [-0.4, -0.2) is 31.1 Å². The minimum atomic E-state index is -0.537. The summed E-state index contributed by atoms with van der Waals surface area (Å²) in [6.07, 6.45) is 1.94. The minimum Gasteiger partial charge on any atom is -0.497 e. The molecule has 0 saturated carbocycles. The van der Waals surface area contributed by atoms with Crippen LogP contribution in [0.5, 0.6) is 5.75 Å². The van der Waals surface area contributed by atoms with Gasteiger partial charge in [0.25, 0.3) is 0 Å². The zero-order valence-corrected chi connectivity index (χ0v) is 17.3. The highest BCUT2D eigenvalue weighted by Gasteiger charge is 2.19. The van der Waals surface area contributed by atoms with Crippen molar-refractivity contribution in [2.24, 2.45) is 0 Å². The van der Waals surface area contributed by atoms with Crippen LogP contribution < -0.4 is 10.1 Å². The van der Waals surface area contributed by atoms with Crippen molar-refractivity contribution in [3.63, 3.8) is 0 Å². The topological polar surface area (TPSA) is 90.7 Å². The number of rotatable bonds is 9. The number of amides is 1. The fourth-order valence-electron chi connectivity index (χ4n) is 3.00. The van der Waals surface area contributed by atoms with Crippen LogP contribution in [0.1, 0.15) is 30.3 Å². The normalized spacial score (nSPS) is 11.6. The molecule has 162 valence electrons. The van der Waals surface area contributed by atoms with E-state index >= 15 is 0 Å². The van der Waals surface area contributed by atoms with Gasteiger partial charge in [-0.2, -0.15) is 0 Å². The second kappa shape index (κ2) is 10.4. The molecular weight excluding hydrogens is 403 g/mol. The number of nitrogens with zero attached hydrogens (tertiary/aromatic N) is 1. The number of nitrogens with one attached hydrogen (secondary N) is 1. The lowest BCUT2D eigenvalue weighted by Crippen LogP contribution is -2.30. The number of hydrogen-bond acceptors (Lipinski definition) is 6. The number of ether oxygens (including phenoxy) is 2. The van der Waals surface area contributed by atoms with E-state index in [1.807, 2.05) is 0 Å². The first kappa shape index (κ1) is 22.0. The van der Waals surface area contributed by atoms with Gasteiger partial charge in [0.2, 0.25) is 5.91 Å². The average Bonchev–Trinajstić information content (AvgIpc) is 3.27. The Hall–Kier alpha value is -3.68. The van der Waals surface area contributed by atoms with Gasteiger partial charge in [-0.25, -0.2) is 9.37 Å². The Kier molecular flexibility index (Phi) is 7.37. The lowest BCUT2D eigenvalue weighted by Gasteiger charge is -2.18. The number of halogens is 1. The van der Waals surface area contributed by atoms with Crippen molar-refractivity contribution in [1.82, 2.24) is 10.3 Å². The van der Waals surface area contributed by atoms with E-state index in [4.69, 9.17) is 13.9 Å². The minimum absolute atomic E-state index is 0.00227. The molecule has 31 heavy (non-hydrogen) atoms. The summed E-state index contributed by atoms with van der Waals surface area (Å²) in [5.41, 5.74) is 1.46. The molecule has 0 aliphatic rings. The van der Waals surface area contributed by atoms with E-state index in [0.717, 1.165) is 5.56 Å². The quantitative estimate of drug-likeness (QED) is 0.523. The molecule has 3 aromatic rings. The van der Waals surface area contributed by atoms with Gasteiger partial charge in [-0.15, -0.1) is 0 Å². The number of methoxy groups -OCH3 is 2. The summed E-state index contributed by atoms with van der Waals surface area (Å²) in [6, 6.07) is 12.4. The third kappa shape index (κ3) is 6.15. The van der Waals surface area contributed by atoms with Crippen molar-refractivity contribution in [2.45, 2.75) is 25.3 Å². The number of hydrogen-bond donors (Lipinski definition) is 1. The fraction of sp³-hybridized carbons (Fsp3) is 0.261. The van der Waals surface area contributed by atoms with Crippen LogP contribution >= 0.6 is 0 Å². The van der Waals surface area contributed by atoms with E-state index in [2.05, 4.69) is 10.3 Å². The van der Waals surface area contributed by atoms with Gasteiger partial charge in [-0.05, 0) is 42.0 Å². The van der Waals surface area contributed by atoms with E-state index in [-0.39, 0.29) is 31.0 Å². The molecule has 0 bridgehead atoms. The zero-order valence-electron chi connectivity index (χ0n) is 17.3. The van der Waals surface area contributed by atoms with Crippen LogP contribution in [0.3, 0.4) is 0 Å². The molecule has 2 aromatic carbocycles. The van der Waals surface area contributed by atoms with Gasteiger partial charge in [0.1, 0.15) is 11.6 Å². The molecule has 1 atom stereocenters. The van der Waals surface area contributed by atoms with E-state index in [0.29, 0.717) is 23.0 Å². The highest BCUT2D eigenvalue weighted by atomic mass is 19.1. The van der Waals surface area contributed by atoms with Gasteiger partial charge in [-0.3, -0.25) is 9.59 Å². The van der Waals surface area contributed by atoms with Crippen LogP contribution in [0.25, 0.3) is 11.3 Å². The number of esters is 1. The summed E-state index contributed by atoms with van der Waals surface area (Å²) in [6.45, 7) is 0. The van der Waals surface area contributed by atoms with Crippen LogP contribution in [0.4, 0.5) is 4.39 Å². The molecule has 7 nitrogen and oxygen atoms in total. The number of aryl methyl sites for hydroxylation is 1. The van der Waals surface area contributed by atoms with Gasteiger partial charge >= 0.3 is 5.97 Å². The average molecular weight is 426 g/mol. The van der Waals surface area contributed by atoms with Crippen molar-refractivity contribution in [3.8, 4) is 17.1 Å². The van der Waals surface area contributed by atoms with Crippen LogP contribution in [0, 0.1) is 5.82 Å². The van der Waals surface area contributed by atoms with Crippen molar-refractivity contribution >= 4 is 11.9 Å². The molecule has 0 fully saturated rings. The van der Waals surface area contributed by atoms with E-state index in [1.165, 1.54) is 25.4 Å². The molecule has 0 aliphatic heterocycles. The maximum Gasteiger partial charge on any atom is 0.307 e. The van der Waals surface area contributed by atoms with Crippen LogP contribution in [-0.2, 0) is 20.7 Å². The van der Waals surface area contributed by atoms with Gasteiger partial charge in [0.05, 0.1) is 32.9 Å². The van der Waals surface area contributed by atoms with Crippen molar-refractivity contribution in [1.29, 1.82) is 0 Å². The number of aromatic nitrogens is 1. The largest absolute Gasteiger partial charge is 0.497 e. The summed E-state index contributed by atoms with van der Waals surface area (Å²) in [5.74, 6) is 0.538. The van der Waals surface area contributed by atoms with E-state index in [1.54, 1.807) is 43.5 Å². The Morgan fingerprint density at radius 1 is 1.10 bits per heavy atom. The molecule has 0 radical (unpaired) electrons. The number of benzene rings is 2. The molecule has 1 aromatic heterocycles. The Morgan fingerprint density at radius 2 is 1.81 bits per heavy atom. The lowest BCUT2D eigenvalue weighted by atomic mass is 10.0. The first-order chi connectivity index (χ1) is 15.0. The van der Waals surface area contributed by atoms with Crippen molar-refractivity contribution < 1.29 is 27.9 Å². The maximum absolute atomic E-state index is 13.1. The third-order valence-electron chi connectivity index (χ3n) is 4.70. The van der Waals surface area contributed by atoms with E-state index < -0.39 is 12.0 Å². The fourth-order valence-corrected chi connectivity index (χ4v) is 3.00. The number of carbonyl (C=O) groups is 2. The first-order valence-electron chi connectivity index (χ1n) is 9.69. The molecule has 0 aliphatic carbocycles. The van der Waals surface area contributed by atoms with Gasteiger partial charge in [0, 0.05) is 18.4 Å². The molecule has 1 unspecified atom stereocenters.